The summed E-state index contributed by atoms with van der Waals surface area (Å²) in [4.78, 5) is 4.84. The van der Waals surface area contributed by atoms with Gasteiger partial charge in [0.2, 0.25) is 0 Å². The number of aromatic nitrogens is 3. The molecule has 27 heavy (non-hydrogen) atoms. The first-order valence-corrected chi connectivity index (χ1v) is 9.39. The number of fused-ring (bicyclic) bond motifs is 1. The topological polar surface area (TPSA) is 60.7 Å². The van der Waals surface area contributed by atoms with Crippen LogP contribution in [0, 0.1) is 20.8 Å². The molecule has 0 saturated carbocycles. The summed E-state index contributed by atoms with van der Waals surface area (Å²) in [7, 11) is 1.67. The molecule has 2 aromatic heterocycles. The molecule has 6 nitrogen and oxygen atoms in total. The van der Waals surface area contributed by atoms with Gasteiger partial charge in [-0.2, -0.15) is 9.61 Å². The lowest BCUT2D eigenvalue weighted by atomic mass is 10.1. The molecule has 1 aromatic carbocycles. The van der Waals surface area contributed by atoms with E-state index in [0.717, 1.165) is 71.5 Å². The van der Waals surface area contributed by atoms with E-state index in [0.29, 0.717) is 0 Å². The number of benzene rings is 1. The Kier molecular flexibility index (Phi) is 5.96. The van der Waals surface area contributed by atoms with E-state index in [4.69, 9.17) is 19.6 Å². The number of aryl methyl sites for hydroxylation is 2. The molecule has 0 radical (unpaired) electrons. The summed E-state index contributed by atoms with van der Waals surface area (Å²) in [5, 5.41) is 8.30. The van der Waals surface area contributed by atoms with Crippen molar-refractivity contribution in [1.29, 1.82) is 0 Å². The average molecular weight is 368 g/mol. The van der Waals surface area contributed by atoms with Gasteiger partial charge < -0.3 is 14.8 Å². The second-order valence-corrected chi connectivity index (χ2v) is 6.57. The van der Waals surface area contributed by atoms with E-state index in [1.807, 2.05) is 37.4 Å². The van der Waals surface area contributed by atoms with Gasteiger partial charge in [-0.25, -0.2) is 4.98 Å². The van der Waals surface area contributed by atoms with Gasteiger partial charge >= 0.3 is 0 Å². The molecule has 0 unspecified atom stereocenters. The van der Waals surface area contributed by atoms with E-state index in [2.05, 4.69) is 24.4 Å². The molecule has 0 atom stereocenters. The quantitative estimate of drug-likeness (QED) is 0.605. The molecular weight excluding hydrogens is 340 g/mol. The predicted molar refractivity (Wildman–Crippen MR) is 109 cm³/mol. The third kappa shape index (κ3) is 3.90. The Labute approximate surface area is 160 Å². The van der Waals surface area contributed by atoms with Gasteiger partial charge in [0, 0.05) is 36.6 Å². The van der Waals surface area contributed by atoms with Gasteiger partial charge in [0.05, 0.1) is 12.8 Å². The maximum Gasteiger partial charge on any atom is 0.165 e. The molecule has 0 aliphatic heterocycles. The second-order valence-electron chi connectivity index (χ2n) is 6.57. The van der Waals surface area contributed by atoms with Gasteiger partial charge in [0.25, 0.3) is 0 Å². The molecule has 3 rings (SSSR count). The van der Waals surface area contributed by atoms with E-state index in [9.17, 15) is 0 Å². The normalized spacial score (nSPS) is 11.1. The maximum atomic E-state index is 5.43. The number of ether oxygens (including phenoxy) is 2. The van der Waals surface area contributed by atoms with Gasteiger partial charge in [-0.1, -0.05) is 12.1 Å². The number of hydrogen-bond donors (Lipinski definition) is 1. The Morgan fingerprint density at radius 1 is 1.07 bits per heavy atom. The largest absolute Gasteiger partial charge is 0.497 e. The highest BCUT2D eigenvalue weighted by atomic mass is 16.5. The summed E-state index contributed by atoms with van der Waals surface area (Å²) in [5.41, 5.74) is 6.08. The van der Waals surface area contributed by atoms with Crippen LogP contribution in [-0.2, 0) is 4.74 Å². The number of nitrogens with one attached hydrogen (secondary N) is 1. The Bertz CT molecular complexity index is 916. The van der Waals surface area contributed by atoms with Crippen molar-refractivity contribution in [3.63, 3.8) is 0 Å². The van der Waals surface area contributed by atoms with Crippen LogP contribution in [0.1, 0.15) is 30.3 Å². The highest BCUT2D eigenvalue weighted by Gasteiger charge is 2.18. The number of methoxy groups -OCH3 is 1. The van der Waals surface area contributed by atoms with Gasteiger partial charge in [-0.15, -0.1) is 0 Å². The van der Waals surface area contributed by atoms with Crippen molar-refractivity contribution in [3.05, 3.63) is 41.2 Å². The minimum absolute atomic E-state index is 0.751. The van der Waals surface area contributed by atoms with E-state index < -0.39 is 0 Å². The van der Waals surface area contributed by atoms with E-state index >= 15 is 0 Å². The average Bonchev–Trinajstić information content (AvgIpc) is 3.00. The molecule has 0 aliphatic carbocycles. The fourth-order valence-electron chi connectivity index (χ4n) is 3.18. The Morgan fingerprint density at radius 3 is 2.48 bits per heavy atom. The van der Waals surface area contributed by atoms with Crippen LogP contribution in [-0.4, -0.2) is 41.5 Å². The third-order valence-corrected chi connectivity index (χ3v) is 4.76. The SMILES string of the molecule is CCOCCCNc1c(C)c(C)nc2c(-c3ccc(OC)cc3)c(C)nn12. The van der Waals surface area contributed by atoms with E-state index in [1.165, 1.54) is 0 Å². The minimum Gasteiger partial charge on any atom is -0.497 e. The number of hydrogen-bond acceptors (Lipinski definition) is 5. The molecule has 0 saturated heterocycles. The van der Waals surface area contributed by atoms with Gasteiger partial charge in [-0.3, -0.25) is 0 Å². The maximum absolute atomic E-state index is 5.43. The minimum atomic E-state index is 0.751. The molecule has 0 aliphatic rings. The molecule has 3 aromatic rings. The molecule has 0 amide bonds. The zero-order valence-electron chi connectivity index (χ0n) is 16.8. The van der Waals surface area contributed by atoms with Crippen LogP contribution < -0.4 is 10.1 Å². The number of rotatable bonds is 8. The van der Waals surface area contributed by atoms with Crippen molar-refractivity contribution in [2.75, 3.05) is 32.2 Å². The van der Waals surface area contributed by atoms with Crippen LogP contribution in [0.4, 0.5) is 5.82 Å². The van der Waals surface area contributed by atoms with Crippen LogP contribution in [0.25, 0.3) is 16.8 Å². The van der Waals surface area contributed by atoms with Crippen molar-refractivity contribution in [3.8, 4) is 16.9 Å². The smallest absolute Gasteiger partial charge is 0.165 e. The number of nitrogens with zero attached hydrogens (tertiary/aromatic N) is 3. The summed E-state index contributed by atoms with van der Waals surface area (Å²) >= 11 is 0. The third-order valence-electron chi connectivity index (χ3n) is 4.76. The Hall–Kier alpha value is -2.60. The van der Waals surface area contributed by atoms with Crippen LogP contribution >= 0.6 is 0 Å². The monoisotopic (exact) mass is 368 g/mol. The van der Waals surface area contributed by atoms with Crippen LogP contribution in [0.2, 0.25) is 0 Å². The van der Waals surface area contributed by atoms with Gasteiger partial charge in [0.1, 0.15) is 11.6 Å². The molecule has 6 heteroatoms. The lowest BCUT2D eigenvalue weighted by Gasteiger charge is -2.13. The van der Waals surface area contributed by atoms with Crippen molar-refractivity contribution in [1.82, 2.24) is 14.6 Å². The second kappa shape index (κ2) is 8.39. The first-order chi connectivity index (χ1) is 13.1. The molecule has 2 heterocycles. The summed E-state index contributed by atoms with van der Waals surface area (Å²) in [6.07, 6.45) is 0.946. The van der Waals surface area contributed by atoms with Crippen molar-refractivity contribution in [2.24, 2.45) is 0 Å². The summed E-state index contributed by atoms with van der Waals surface area (Å²) < 4.78 is 12.6. The van der Waals surface area contributed by atoms with E-state index in [-0.39, 0.29) is 0 Å². The highest BCUT2D eigenvalue weighted by Crippen LogP contribution is 2.31. The Morgan fingerprint density at radius 2 is 1.81 bits per heavy atom. The highest BCUT2D eigenvalue weighted by molar-refractivity contribution is 5.81. The lowest BCUT2D eigenvalue weighted by molar-refractivity contribution is 0.147. The summed E-state index contributed by atoms with van der Waals surface area (Å²) in [5.74, 6) is 1.83. The molecule has 0 spiro atoms. The summed E-state index contributed by atoms with van der Waals surface area (Å²) in [6, 6.07) is 8.03. The molecule has 144 valence electrons. The Balaban J connectivity index is 2.00. The standard InChI is InChI=1S/C21H28N4O2/c1-6-27-13-7-12-22-20-14(2)15(3)23-21-19(16(4)24-25(20)21)17-8-10-18(26-5)11-9-17/h8-11,22H,6-7,12-13H2,1-5H3. The molecule has 1 N–H and O–H groups in total. The van der Waals surface area contributed by atoms with E-state index in [1.54, 1.807) is 7.11 Å². The van der Waals surface area contributed by atoms with Gasteiger partial charge in [-0.05, 0) is 51.8 Å². The summed E-state index contributed by atoms with van der Waals surface area (Å²) in [6.45, 7) is 10.5. The predicted octanol–water partition coefficient (Wildman–Crippen LogP) is 4.17. The van der Waals surface area contributed by atoms with Gasteiger partial charge in [0.15, 0.2) is 5.65 Å². The van der Waals surface area contributed by atoms with Crippen LogP contribution in [0.3, 0.4) is 0 Å². The van der Waals surface area contributed by atoms with Crippen molar-refractivity contribution < 1.29 is 9.47 Å². The molecule has 0 fully saturated rings. The first-order valence-electron chi connectivity index (χ1n) is 9.39. The first kappa shape index (κ1) is 19.2. The fourth-order valence-corrected chi connectivity index (χ4v) is 3.18. The zero-order valence-corrected chi connectivity index (χ0v) is 16.8. The fraction of sp³-hybridized carbons (Fsp3) is 0.429. The van der Waals surface area contributed by atoms with Crippen LogP contribution in [0.5, 0.6) is 5.75 Å². The lowest BCUT2D eigenvalue weighted by Crippen LogP contribution is -2.12. The molecular formula is C21H28N4O2. The molecule has 0 bridgehead atoms. The number of anilines is 1. The van der Waals surface area contributed by atoms with Crippen LogP contribution in [0.15, 0.2) is 24.3 Å². The van der Waals surface area contributed by atoms with Crippen molar-refractivity contribution in [2.45, 2.75) is 34.1 Å². The van der Waals surface area contributed by atoms with Crippen molar-refractivity contribution >= 4 is 11.5 Å². The zero-order chi connectivity index (χ0) is 19.4.